The summed E-state index contributed by atoms with van der Waals surface area (Å²) in [5, 5.41) is 0. The second-order valence-electron chi connectivity index (χ2n) is 25.1. The molecule has 3 aliphatic rings. The number of benzene rings is 13. The molecule has 3 aliphatic carbocycles. The average molecular weight is 1200 g/mol. The number of aromatic nitrogens is 6. The maximum Gasteiger partial charge on any atom is 0.164 e. The highest BCUT2D eigenvalue weighted by Crippen LogP contribution is 2.63. The molecule has 0 saturated carbocycles. The van der Waals surface area contributed by atoms with Crippen molar-refractivity contribution >= 4 is 0 Å². The van der Waals surface area contributed by atoms with Crippen LogP contribution in [0.1, 0.15) is 45.9 Å². The van der Waals surface area contributed by atoms with Crippen molar-refractivity contribution in [1.29, 1.82) is 0 Å². The summed E-state index contributed by atoms with van der Waals surface area (Å²) < 4.78 is 0. The number of rotatable bonds is 11. The quantitative estimate of drug-likeness (QED) is 0.128. The molecule has 0 N–H and O–H groups in total. The molecule has 0 aliphatic heterocycles. The summed E-state index contributed by atoms with van der Waals surface area (Å²) in [7, 11) is 0. The molecule has 1 atom stereocenters. The molecular weight excluding hydrogens is 1140 g/mol. The van der Waals surface area contributed by atoms with Gasteiger partial charge in [-0.1, -0.05) is 292 Å². The minimum Gasteiger partial charge on any atom is -0.208 e. The van der Waals surface area contributed by atoms with Gasteiger partial charge >= 0.3 is 0 Å². The summed E-state index contributed by atoms with van der Waals surface area (Å²) in [6.45, 7) is 2.41. The van der Waals surface area contributed by atoms with Crippen molar-refractivity contribution in [2.75, 3.05) is 0 Å². The van der Waals surface area contributed by atoms with Gasteiger partial charge in [-0.05, 0) is 149 Å². The molecule has 1 unspecified atom stereocenters. The lowest BCUT2D eigenvalue weighted by atomic mass is 9.70. The van der Waals surface area contributed by atoms with Crippen LogP contribution in [0.25, 0.3) is 135 Å². The van der Waals surface area contributed by atoms with Crippen LogP contribution in [0.2, 0.25) is 0 Å². The van der Waals surface area contributed by atoms with E-state index in [1.54, 1.807) is 0 Å². The number of fused-ring (bicyclic) bond motifs is 13. The van der Waals surface area contributed by atoms with E-state index in [2.05, 4.69) is 250 Å². The minimum absolute atomic E-state index is 0.328. The van der Waals surface area contributed by atoms with E-state index in [1.807, 2.05) is 78.9 Å². The predicted molar refractivity (Wildman–Crippen MR) is 380 cm³/mol. The topological polar surface area (TPSA) is 77.3 Å². The number of hydrogen-bond acceptors (Lipinski definition) is 6. The Balaban J connectivity index is 0.667. The van der Waals surface area contributed by atoms with Crippen molar-refractivity contribution < 1.29 is 0 Å². The number of nitrogens with zero attached hydrogens (tertiary/aromatic N) is 6. The fourth-order valence-electron chi connectivity index (χ4n) is 15.3. The van der Waals surface area contributed by atoms with Gasteiger partial charge in [-0.2, -0.15) is 0 Å². The molecule has 6 heteroatoms. The van der Waals surface area contributed by atoms with Crippen LogP contribution in [0.4, 0.5) is 0 Å². The lowest BCUT2D eigenvalue weighted by molar-refractivity contribution is 0.583. The second kappa shape index (κ2) is 22.1. The molecule has 440 valence electrons. The van der Waals surface area contributed by atoms with E-state index in [0.29, 0.717) is 34.9 Å². The SMILES string of the molecule is CC1(Cc2cccc(-c3nc(-c4ccccc4)nc(-c4cccc(-c5ccc6c(c5)C5(c7ccccc7-c7ccccc75)c5ccccc5-6)c4)n3)c2)c2ccccc2-c2cc(-c3cccc(-c4cccc(-c5nc(-c6ccccc6)nc(-c6ccccc6)n5)c4)c3)ccc21. The van der Waals surface area contributed by atoms with Crippen molar-refractivity contribution in [3.05, 3.63) is 360 Å². The van der Waals surface area contributed by atoms with Gasteiger partial charge in [0.2, 0.25) is 0 Å². The van der Waals surface area contributed by atoms with E-state index in [-0.39, 0.29) is 5.41 Å². The summed E-state index contributed by atoms with van der Waals surface area (Å²) >= 11 is 0. The van der Waals surface area contributed by atoms with Gasteiger partial charge in [0.1, 0.15) is 0 Å². The third kappa shape index (κ3) is 9.01. The van der Waals surface area contributed by atoms with Gasteiger partial charge in [0.25, 0.3) is 0 Å². The third-order valence-electron chi connectivity index (χ3n) is 19.6. The van der Waals surface area contributed by atoms with Gasteiger partial charge in [-0.15, -0.1) is 0 Å². The van der Waals surface area contributed by atoms with Gasteiger partial charge in [0.15, 0.2) is 34.9 Å². The van der Waals surface area contributed by atoms with Gasteiger partial charge in [0, 0.05) is 38.8 Å². The first-order chi connectivity index (χ1) is 46.4. The largest absolute Gasteiger partial charge is 0.208 e. The predicted octanol–water partition coefficient (Wildman–Crippen LogP) is 20.9. The van der Waals surface area contributed by atoms with E-state index < -0.39 is 5.41 Å². The van der Waals surface area contributed by atoms with Crippen molar-refractivity contribution in [1.82, 2.24) is 29.9 Å². The molecule has 0 amide bonds. The van der Waals surface area contributed by atoms with Crippen LogP contribution in [0.3, 0.4) is 0 Å². The molecule has 13 aromatic carbocycles. The fourth-order valence-corrected chi connectivity index (χ4v) is 15.3. The summed E-state index contributed by atoms with van der Waals surface area (Å²) in [5.74, 6) is 3.78. The van der Waals surface area contributed by atoms with Gasteiger partial charge in [0.05, 0.1) is 5.41 Å². The standard InChI is InChI=1S/C88H58N6/c1-87(75-41-15-11-40-72(75)74-53-64(46-48-76(74)87)61-31-20-30-60(50-61)62-32-21-35-67(51-62)85-91-81(57-24-5-2-6-25-57)89-82(92-85)58-26-7-3-8-27-58)55-56-23-19-34-66(49-56)84-90-83(59-28-9-4-10-29-59)93-86(94-84)68-36-22-33-63(52-68)65-45-47-73-71-39-14-18-44-79(71)88(80(73)54-65)77-42-16-12-37-69(77)70-38-13-17-43-78(70)88/h2-54H,55H2,1H3. The lowest BCUT2D eigenvalue weighted by Gasteiger charge is -2.30. The monoisotopic (exact) mass is 1200 g/mol. The zero-order valence-corrected chi connectivity index (χ0v) is 51.5. The van der Waals surface area contributed by atoms with Gasteiger partial charge in [-0.25, -0.2) is 29.9 Å². The van der Waals surface area contributed by atoms with Crippen LogP contribution in [0.5, 0.6) is 0 Å². The van der Waals surface area contributed by atoms with Crippen LogP contribution < -0.4 is 0 Å². The van der Waals surface area contributed by atoms with Crippen molar-refractivity contribution in [3.63, 3.8) is 0 Å². The summed E-state index contributed by atoms with van der Waals surface area (Å²) in [5.41, 5.74) is 28.3. The van der Waals surface area contributed by atoms with Gasteiger partial charge < -0.3 is 0 Å². The molecule has 0 bridgehead atoms. The van der Waals surface area contributed by atoms with Crippen molar-refractivity contribution in [2.45, 2.75) is 24.2 Å². The lowest BCUT2D eigenvalue weighted by Crippen LogP contribution is -2.25. The third-order valence-corrected chi connectivity index (χ3v) is 19.6. The zero-order chi connectivity index (χ0) is 62.3. The van der Waals surface area contributed by atoms with Crippen molar-refractivity contribution in [2.24, 2.45) is 0 Å². The molecule has 6 nitrogen and oxygen atoms in total. The minimum atomic E-state index is -0.437. The Bertz CT molecular complexity index is 5390. The van der Waals surface area contributed by atoms with Gasteiger partial charge in [-0.3, -0.25) is 0 Å². The molecular formula is C88H58N6. The van der Waals surface area contributed by atoms with Crippen molar-refractivity contribution in [3.8, 4) is 135 Å². The smallest absolute Gasteiger partial charge is 0.164 e. The van der Waals surface area contributed by atoms with E-state index in [9.17, 15) is 0 Å². The Morgan fingerprint density at radius 2 is 0.500 bits per heavy atom. The Hall–Kier alpha value is -12.1. The van der Waals surface area contributed by atoms with Crippen LogP contribution in [-0.2, 0) is 17.3 Å². The molecule has 1 spiro atoms. The summed E-state index contributed by atoms with van der Waals surface area (Å²) in [6, 6.07) is 115. The molecule has 0 radical (unpaired) electrons. The van der Waals surface area contributed by atoms with E-state index in [4.69, 9.17) is 29.9 Å². The molecule has 0 fully saturated rings. The van der Waals surface area contributed by atoms with Crippen LogP contribution in [-0.4, -0.2) is 29.9 Å². The molecule has 2 heterocycles. The van der Waals surface area contributed by atoms with E-state index in [1.165, 1.54) is 72.3 Å². The highest BCUT2D eigenvalue weighted by atomic mass is 15.0. The highest BCUT2D eigenvalue weighted by molar-refractivity contribution is 5.96. The normalized spacial score (nSPS) is 14.2. The molecule has 0 saturated heterocycles. The first-order valence-corrected chi connectivity index (χ1v) is 32.2. The first-order valence-electron chi connectivity index (χ1n) is 32.2. The maximum absolute atomic E-state index is 5.37. The molecule has 18 rings (SSSR count). The molecule has 2 aromatic heterocycles. The molecule has 94 heavy (non-hydrogen) atoms. The Morgan fingerprint density at radius 3 is 0.957 bits per heavy atom. The number of hydrogen-bond donors (Lipinski definition) is 0. The summed E-state index contributed by atoms with van der Waals surface area (Å²) in [4.78, 5) is 30.9. The average Bonchev–Trinajstić information content (AvgIpc) is 1.51. The first kappa shape index (κ1) is 54.8. The van der Waals surface area contributed by atoms with E-state index in [0.717, 1.165) is 73.2 Å². The zero-order valence-electron chi connectivity index (χ0n) is 51.5. The van der Waals surface area contributed by atoms with Crippen LogP contribution in [0, 0.1) is 0 Å². The fraction of sp³-hybridized carbons (Fsp3) is 0.0455. The Morgan fingerprint density at radius 1 is 0.202 bits per heavy atom. The highest BCUT2D eigenvalue weighted by Gasteiger charge is 2.51. The Labute approximate surface area is 546 Å². The maximum atomic E-state index is 5.37. The Kier molecular flexibility index (Phi) is 12.9. The molecule has 15 aromatic rings. The van der Waals surface area contributed by atoms with Crippen LogP contribution in [0.15, 0.2) is 322 Å². The second-order valence-corrected chi connectivity index (χ2v) is 25.1. The van der Waals surface area contributed by atoms with E-state index >= 15 is 0 Å². The van der Waals surface area contributed by atoms with Crippen LogP contribution >= 0.6 is 0 Å². The summed E-state index contributed by atoms with van der Waals surface area (Å²) in [6.07, 6.45) is 0.771.